The number of hydrogen-bond donors (Lipinski definition) is 0. The smallest absolute Gasteiger partial charge is 0.152 e. The van der Waals surface area contributed by atoms with Crippen LogP contribution in [-0.2, 0) is 0 Å². The van der Waals surface area contributed by atoms with Gasteiger partial charge in [-0.05, 0) is 12.2 Å². The molecule has 0 aromatic carbocycles. The lowest BCUT2D eigenvalue weighted by Gasteiger charge is -2.11. The third-order valence-electron chi connectivity index (χ3n) is 1.11. The van der Waals surface area contributed by atoms with E-state index >= 15 is 0 Å². The third-order valence-corrected chi connectivity index (χ3v) is 1.11. The van der Waals surface area contributed by atoms with Crippen LogP contribution in [-0.4, -0.2) is 17.1 Å². The molecular weight excluding hydrogens is 162 g/mol. The largest absolute Gasteiger partial charge is 0.238 e. The summed E-state index contributed by atoms with van der Waals surface area (Å²) in [6.07, 6.45) is 7.58. The van der Waals surface area contributed by atoms with E-state index in [0.29, 0.717) is 5.84 Å². The Hall–Kier alpha value is -1.90. The van der Waals surface area contributed by atoms with Crippen LogP contribution in [0.3, 0.4) is 0 Å². The number of nitrogens with zero attached hydrogens (tertiary/aromatic N) is 3. The van der Waals surface area contributed by atoms with Gasteiger partial charge in [0.2, 0.25) is 0 Å². The van der Waals surface area contributed by atoms with Crippen molar-refractivity contribution in [3.63, 3.8) is 0 Å². The first kappa shape index (κ1) is 11.1. The molecular formula is C10H13N3. The molecule has 0 saturated heterocycles. The van der Waals surface area contributed by atoms with Gasteiger partial charge >= 0.3 is 0 Å². The molecule has 0 heterocycles. The molecule has 0 radical (unpaired) electrons. The first-order valence-corrected chi connectivity index (χ1v) is 3.68. The zero-order valence-corrected chi connectivity index (χ0v) is 7.56. The highest BCUT2D eigenvalue weighted by Gasteiger charge is 1.98. The quantitative estimate of drug-likeness (QED) is 0.358. The predicted molar refractivity (Wildman–Crippen MR) is 58.6 cm³/mol. The van der Waals surface area contributed by atoms with Crippen LogP contribution in [0.5, 0.6) is 0 Å². The lowest BCUT2D eigenvalue weighted by molar-refractivity contribution is 0.611. The first-order chi connectivity index (χ1) is 6.29. The minimum atomic E-state index is 0.558. The second-order valence-electron chi connectivity index (χ2n) is 1.90. The van der Waals surface area contributed by atoms with E-state index in [1.165, 1.54) is 23.6 Å². The molecule has 0 aliphatic heterocycles. The van der Waals surface area contributed by atoms with Crippen LogP contribution in [0.25, 0.3) is 0 Å². The van der Waals surface area contributed by atoms with Gasteiger partial charge in [0.25, 0.3) is 0 Å². The van der Waals surface area contributed by atoms with Gasteiger partial charge in [-0.1, -0.05) is 26.3 Å². The summed E-state index contributed by atoms with van der Waals surface area (Å²) in [6.45, 7) is 14.1. The number of allylic oxidation sites excluding steroid dienone is 1. The summed E-state index contributed by atoms with van der Waals surface area (Å²) in [5, 5.41) is 5.44. The van der Waals surface area contributed by atoms with Crippen LogP contribution in [0.2, 0.25) is 0 Å². The molecule has 0 N–H and O–H groups in total. The molecule has 0 amide bonds. The Kier molecular flexibility index (Phi) is 5.80. The van der Waals surface area contributed by atoms with Crippen molar-refractivity contribution in [2.24, 2.45) is 10.1 Å². The molecule has 0 atom stereocenters. The maximum Gasteiger partial charge on any atom is 0.152 e. The number of hydrazone groups is 1. The Morgan fingerprint density at radius 2 is 1.85 bits per heavy atom. The van der Waals surface area contributed by atoms with Gasteiger partial charge in [-0.3, -0.25) is 0 Å². The molecule has 0 unspecified atom stereocenters. The van der Waals surface area contributed by atoms with Crippen molar-refractivity contribution in [1.29, 1.82) is 0 Å². The Morgan fingerprint density at radius 1 is 1.15 bits per heavy atom. The molecule has 0 aromatic heterocycles. The monoisotopic (exact) mass is 175 g/mol. The highest BCUT2D eigenvalue weighted by molar-refractivity contribution is 5.94. The molecule has 0 aromatic rings. The van der Waals surface area contributed by atoms with E-state index in [1.54, 1.807) is 12.2 Å². The zero-order chi connectivity index (χ0) is 10.1. The summed E-state index contributed by atoms with van der Waals surface area (Å²) in [4.78, 5) is 3.94. The second-order valence-corrected chi connectivity index (χ2v) is 1.90. The van der Waals surface area contributed by atoms with Gasteiger partial charge in [0, 0.05) is 18.6 Å². The molecule has 13 heavy (non-hydrogen) atoms. The zero-order valence-electron chi connectivity index (χ0n) is 7.56. The van der Waals surface area contributed by atoms with Crippen molar-refractivity contribution in [2.75, 3.05) is 0 Å². The van der Waals surface area contributed by atoms with Crippen LogP contribution < -0.4 is 0 Å². The lowest BCUT2D eigenvalue weighted by atomic mass is 10.5. The average Bonchev–Trinajstić information content (AvgIpc) is 2.17. The van der Waals surface area contributed by atoms with Crippen molar-refractivity contribution in [1.82, 2.24) is 5.01 Å². The van der Waals surface area contributed by atoms with Crippen molar-refractivity contribution in [3.05, 3.63) is 50.9 Å². The second kappa shape index (κ2) is 6.79. The van der Waals surface area contributed by atoms with Gasteiger partial charge in [-0.15, -0.1) is 0 Å². The molecule has 0 aliphatic carbocycles. The van der Waals surface area contributed by atoms with E-state index < -0.39 is 0 Å². The molecule has 3 heteroatoms. The van der Waals surface area contributed by atoms with Crippen molar-refractivity contribution < 1.29 is 0 Å². The van der Waals surface area contributed by atoms with E-state index in [1.807, 2.05) is 0 Å². The van der Waals surface area contributed by atoms with Crippen LogP contribution in [0.15, 0.2) is 61.0 Å². The lowest BCUT2D eigenvalue weighted by Crippen LogP contribution is -2.17. The highest BCUT2D eigenvalue weighted by Crippen LogP contribution is 1.95. The Balaban J connectivity index is 4.71. The van der Waals surface area contributed by atoms with Crippen molar-refractivity contribution in [3.8, 4) is 0 Å². The fourth-order valence-electron chi connectivity index (χ4n) is 0.618. The molecule has 3 nitrogen and oxygen atoms in total. The van der Waals surface area contributed by atoms with Crippen LogP contribution in [0, 0.1) is 0 Å². The number of hydrogen-bond acceptors (Lipinski definition) is 2. The maximum absolute atomic E-state index is 3.97. The summed E-state index contributed by atoms with van der Waals surface area (Å²) < 4.78 is 0. The van der Waals surface area contributed by atoms with Crippen LogP contribution in [0.4, 0.5) is 0 Å². The van der Waals surface area contributed by atoms with Crippen LogP contribution >= 0.6 is 0 Å². The average molecular weight is 175 g/mol. The van der Waals surface area contributed by atoms with Gasteiger partial charge in [0.1, 0.15) is 0 Å². The summed E-state index contributed by atoms with van der Waals surface area (Å²) in [5.41, 5.74) is 0. The van der Waals surface area contributed by atoms with E-state index in [9.17, 15) is 0 Å². The summed E-state index contributed by atoms with van der Waals surface area (Å²) in [5.74, 6) is 0.558. The van der Waals surface area contributed by atoms with Gasteiger partial charge in [0.15, 0.2) is 5.84 Å². The van der Waals surface area contributed by atoms with Crippen molar-refractivity contribution in [2.45, 2.75) is 0 Å². The Morgan fingerprint density at radius 3 is 2.23 bits per heavy atom. The topological polar surface area (TPSA) is 28.0 Å². The molecule has 0 aliphatic rings. The van der Waals surface area contributed by atoms with E-state index in [4.69, 9.17) is 0 Å². The Labute approximate surface area is 78.8 Å². The first-order valence-electron chi connectivity index (χ1n) is 3.68. The van der Waals surface area contributed by atoms with Gasteiger partial charge in [-0.25, -0.2) is 10.0 Å². The summed E-state index contributed by atoms with van der Waals surface area (Å²) in [6, 6.07) is 0. The molecule has 0 rings (SSSR count). The van der Waals surface area contributed by atoms with Gasteiger partial charge in [0.05, 0.1) is 0 Å². The fourth-order valence-corrected chi connectivity index (χ4v) is 0.618. The van der Waals surface area contributed by atoms with E-state index in [-0.39, 0.29) is 0 Å². The normalized spacial score (nSPS) is 10.9. The predicted octanol–water partition coefficient (Wildman–Crippen LogP) is 2.33. The SMILES string of the molecule is C=C/C=N\N(C=C)/C(C=C)=N\C=C. The molecule has 0 spiro atoms. The Bertz CT molecular complexity index is 261. The summed E-state index contributed by atoms with van der Waals surface area (Å²) in [7, 11) is 0. The summed E-state index contributed by atoms with van der Waals surface area (Å²) >= 11 is 0. The maximum atomic E-state index is 3.97. The molecule has 0 saturated carbocycles. The minimum Gasteiger partial charge on any atom is -0.238 e. The van der Waals surface area contributed by atoms with E-state index in [0.717, 1.165) is 0 Å². The van der Waals surface area contributed by atoms with Gasteiger partial charge < -0.3 is 0 Å². The highest BCUT2D eigenvalue weighted by atomic mass is 15.5. The number of aliphatic imine (C=N–C) groups is 1. The standard InChI is InChI=1S/C10H13N3/c1-5-9-12-13(8-4)10(6-2)11-7-3/h5-9H,1-4H2/b11-10-,12-9-. The number of amidine groups is 1. The minimum absolute atomic E-state index is 0.558. The van der Waals surface area contributed by atoms with E-state index in [2.05, 4.69) is 36.4 Å². The van der Waals surface area contributed by atoms with Crippen molar-refractivity contribution >= 4 is 12.1 Å². The molecule has 0 bridgehead atoms. The fraction of sp³-hybridized carbons (Fsp3) is 0. The molecule has 0 fully saturated rings. The number of rotatable bonds is 5. The van der Waals surface area contributed by atoms with Gasteiger partial charge in [-0.2, -0.15) is 5.10 Å². The molecule has 68 valence electrons. The van der Waals surface area contributed by atoms with Crippen LogP contribution in [0.1, 0.15) is 0 Å². The third kappa shape index (κ3) is 3.86.